The van der Waals surface area contributed by atoms with Crippen molar-refractivity contribution < 1.29 is 30.7 Å². The Morgan fingerprint density at radius 3 is 2.35 bits per heavy atom. The van der Waals surface area contributed by atoms with Crippen LogP contribution < -0.4 is 20.5 Å². The molecule has 194 valence electrons. The van der Waals surface area contributed by atoms with Gasteiger partial charge in [-0.25, -0.2) is 27.9 Å². The van der Waals surface area contributed by atoms with Crippen LogP contribution in [0.2, 0.25) is 0 Å². The van der Waals surface area contributed by atoms with E-state index in [0.29, 0.717) is 16.8 Å². The first-order valence-corrected chi connectivity index (χ1v) is 12.2. The molecule has 0 saturated carbocycles. The number of ether oxygens (including phenoxy) is 1. The van der Waals surface area contributed by atoms with Crippen molar-refractivity contribution in [1.82, 2.24) is 15.0 Å². The lowest BCUT2D eigenvalue weighted by Crippen LogP contribution is -2.22. The first-order chi connectivity index (χ1) is 17.4. The maximum atomic E-state index is 13.3. The highest BCUT2D eigenvalue weighted by Crippen LogP contribution is 2.28. The van der Waals surface area contributed by atoms with Crippen LogP contribution >= 0.6 is 0 Å². The van der Waals surface area contributed by atoms with Gasteiger partial charge in [-0.05, 0) is 54.1 Å². The molecule has 2 aromatic heterocycles. The zero-order valence-electron chi connectivity index (χ0n) is 19.2. The maximum absolute atomic E-state index is 13.3. The molecule has 0 bridgehead atoms. The second-order valence-corrected chi connectivity index (χ2v) is 9.35. The number of fused-ring (bicyclic) bond motifs is 1. The van der Waals surface area contributed by atoms with E-state index in [1.807, 2.05) is 0 Å². The van der Waals surface area contributed by atoms with Gasteiger partial charge < -0.3 is 15.4 Å². The molecule has 0 atom stereocenters. The Kier molecular flexibility index (Phi) is 7.14. The zero-order chi connectivity index (χ0) is 26.8. The van der Waals surface area contributed by atoms with Gasteiger partial charge in [-0.15, -0.1) is 0 Å². The molecule has 2 heterocycles. The minimum Gasteiger partial charge on any atom is -0.495 e. The van der Waals surface area contributed by atoms with Gasteiger partial charge in [0.15, 0.2) is 5.82 Å². The van der Waals surface area contributed by atoms with Crippen LogP contribution in [0.5, 0.6) is 5.75 Å². The van der Waals surface area contributed by atoms with E-state index in [9.17, 15) is 26.0 Å². The van der Waals surface area contributed by atoms with Crippen LogP contribution in [0.1, 0.15) is 5.56 Å². The van der Waals surface area contributed by atoms with Gasteiger partial charge >= 0.3 is 6.18 Å². The van der Waals surface area contributed by atoms with Crippen molar-refractivity contribution in [2.75, 3.05) is 24.3 Å². The van der Waals surface area contributed by atoms with Gasteiger partial charge in [0.1, 0.15) is 28.5 Å². The second kappa shape index (κ2) is 10.1. The van der Waals surface area contributed by atoms with E-state index in [1.54, 1.807) is 18.2 Å². The molecule has 2 aromatic carbocycles. The summed E-state index contributed by atoms with van der Waals surface area (Å²) in [5.41, 5.74) is 1.74. The number of halogens is 4. The second-order valence-electron chi connectivity index (χ2n) is 7.82. The lowest BCUT2D eigenvalue weighted by atomic mass is 10.1. The molecule has 9 nitrogen and oxygen atoms in total. The highest BCUT2D eigenvalue weighted by molar-refractivity contribution is 7.89. The van der Waals surface area contributed by atoms with Gasteiger partial charge in [-0.1, -0.05) is 6.07 Å². The van der Waals surface area contributed by atoms with E-state index < -0.39 is 28.6 Å². The summed E-state index contributed by atoms with van der Waals surface area (Å²) in [7, 11) is -2.77. The summed E-state index contributed by atoms with van der Waals surface area (Å²) in [6.45, 7) is -1.34. The van der Waals surface area contributed by atoms with Crippen molar-refractivity contribution in [3.05, 3.63) is 66.0 Å². The molecule has 37 heavy (non-hydrogen) atoms. The smallest absolute Gasteiger partial charge is 0.405 e. The molecule has 4 aromatic rings. The largest absolute Gasteiger partial charge is 0.495 e. The average molecular weight is 537 g/mol. The first kappa shape index (κ1) is 26.0. The minimum atomic E-state index is -4.52. The molecule has 0 fully saturated rings. The van der Waals surface area contributed by atoms with Crippen molar-refractivity contribution in [3.63, 3.8) is 0 Å². The number of sulfonamides is 1. The standard InChI is InChI=1S/C23H20F4N6O3S/c1-36-18-9-2-13(10-19(18)37(28,34)35)11-29-22-32-17-8-7-16(14-3-5-15(24)6-4-14)31-20(17)21(33-22)30-12-23(25,26)27/h2-10H,11-12H2,1H3,(H2,28,34,35)(H2,29,30,32,33). The Morgan fingerprint density at radius 2 is 1.70 bits per heavy atom. The van der Waals surface area contributed by atoms with E-state index in [0.717, 1.165) is 0 Å². The molecule has 0 saturated heterocycles. The number of pyridine rings is 1. The Bertz CT molecular complexity index is 1550. The van der Waals surface area contributed by atoms with Gasteiger partial charge in [-0.2, -0.15) is 18.2 Å². The van der Waals surface area contributed by atoms with E-state index in [-0.39, 0.29) is 40.0 Å². The monoisotopic (exact) mass is 536 g/mol. The number of nitrogens with zero attached hydrogens (tertiary/aromatic N) is 3. The van der Waals surface area contributed by atoms with Crippen LogP contribution in [0.4, 0.5) is 29.3 Å². The van der Waals surface area contributed by atoms with E-state index >= 15 is 0 Å². The molecule has 0 aliphatic heterocycles. The van der Waals surface area contributed by atoms with Crippen molar-refractivity contribution in [2.24, 2.45) is 5.14 Å². The summed E-state index contributed by atoms with van der Waals surface area (Å²) in [5.74, 6) is -0.575. The molecular formula is C23H20F4N6O3S. The Morgan fingerprint density at radius 1 is 0.973 bits per heavy atom. The molecule has 4 rings (SSSR count). The predicted molar refractivity (Wildman–Crippen MR) is 129 cm³/mol. The lowest BCUT2D eigenvalue weighted by Gasteiger charge is -2.14. The van der Waals surface area contributed by atoms with Gasteiger partial charge in [0, 0.05) is 12.1 Å². The fourth-order valence-electron chi connectivity index (χ4n) is 3.42. The molecule has 0 unspecified atom stereocenters. The van der Waals surface area contributed by atoms with Crippen molar-refractivity contribution in [3.8, 4) is 17.0 Å². The third-order valence-electron chi connectivity index (χ3n) is 5.12. The highest BCUT2D eigenvalue weighted by Gasteiger charge is 2.27. The summed E-state index contributed by atoms with van der Waals surface area (Å²) >= 11 is 0. The van der Waals surface area contributed by atoms with Crippen LogP contribution in [-0.4, -0.2) is 43.2 Å². The lowest BCUT2D eigenvalue weighted by molar-refractivity contribution is -0.115. The van der Waals surface area contributed by atoms with Crippen molar-refractivity contribution >= 4 is 32.8 Å². The number of nitrogens with one attached hydrogen (secondary N) is 2. The number of methoxy groups -OCH3 is 1. The number of anilines is 2. The van der Waals surface area contributed by atoms with Crippen LogP contribution in [0.25, 0.3) is 22.3 Å². The molecule has 0 spiro atoms. The Labute approximate surface area is 208 Å². The van der Waals surface area contributed by atoms with Gasteiger partial charge in [0.05, 0.1) is 18.3 Å². The predicted octanol–water partition coefficient (Wildman–Crippen LogP) is 4.07. The molecule has 4 N–H and O–H groups in total. The van der Waals surface area contributed by atoms with E-state index in [4.69, 9.17) is 9.88 Å². The van der Waals surface area contributed by atoms with Gasteiger partial charge in [0.25, 0.3) is 0 Å². The number of primary sulfonamides is 1. The molecular weight excluding hydrogens is 516 g/mol. The number of rotatable bonds is 8. The summed E-state index contributed by atoms with van der Waals surface area (Å²) in [6.07, 6.45) is -4.52. The number of aromatic nitrogens is 3. The zero-order valence-corrected chi connectivity index (χ0v) is 20.0. The third-order valence-corrected chi connectivity index (χ3v) is 6.06. The van der Waals surface area contributed by atoms with Gasteiger partial charge in [0.2, 0.25) is 16.0 Å². The number of hydrogen-bond acceptors (Lipinski definition) is 8. The maximum Gasteiger partial charge on any atom is 0.405 e. The fraction of sp³-hybridized carbons (Fsp3) is 0.174. The molecule has 0 amide bonds. The van der Waals surface area contributed by atoms with Gasteiger partial charge in [-0.3, -0.25) is 0 Å². The number of benzene rings is 2. The van der Waals surface area contributed by atoms with Crippen molar-refractivity contribution in [2.45, 2.75) is 17.6 Å². The average Bonchev–Trinajstić information content (AvgIpc) is 2.85. The molecule has 14 heteroatoms. The van der Waals surface area contributed by atoms with Crippen LogP contribution in [0.3, 0.4) is 0 Å². The summed E-state index contributed by atoms with van der Waals surface area (Å²) in [6, 6.07) is 12.9. The highest BCUT2D eigenvalue weighted by atomic mass is 32.2. The number of alkyl halides is 3. The summed E-state index contributed by atoms with van der Waals surface area (Å²) in [5, 5.41) is 10.4. The van der Waals surface area contributed by atoms with Crippen molar-refractivity contribution in [1.29, 1.82) is 0 Å². The number of hydrogen-bond donors (Lipinski definition) is 3. The Balaban J connectivity index is 1.68. The number of nitrogens with two attached hydrogens (primary N) is 1. The third kappa shape index (κ3) is 6.40. The van der Waals surface area contributed by atoms with E-state index in [2.05, 4.69) is 25.6 Å². The first-order valence-electron chi connectivity index (χ1n) is 10.6. The Hall–Kier alpha value is -4.04. The quantitative estimate of drug-likeness (QED) is 0.287. The minimum absolute atomic E-state index is 0.0256. The molecule has 0 aliphatic carbocycles. The summed E-state index contributed by atoms with van der Waals surface area (Å²) in [4.78, 5) is 12.6. The van der Waals surface area contributed by atoms with Crippen LogP contribution in [0.15, 0.2) is 59.5 Å². The van der Waals surface area contributed by atoms with Crippen LogP contribution in [0, 0.1) is 5.82 Å². The summed E-state index contributed by atoms with van der Waals surface area (Å²) < 4.78 is 80.8. The SMILES string of the molecule is COc1ccc(CNc2nc(NCC(F)(F)F)c3nc(-c4ccc(F)cc4)ccc3n2)cc1S(N)(=O)=O. The van der Waals surface area contributed by atoms with Crippen LogP contribution in [-0.2, 0) is 16.6 Å². The molecule has 0 radical (unpaired) electrons. The van der Waals surface area contributed by atoms with E-state index in [1.165, 1.54) is 43.5 Å². The fourth-order valence-corrected chi connectivity index (χ4v) is 4.16. The normalized spacial score (nSPS) is 11.9. The molecule has 0 aliphatic rings. The topological polar surface area (TPSA) is 132 Å².